The van der Waals surface area contributed by atoms with Gasteiger partial charge < -0.3 is 0 Å². The lowest BCUT2D eigenvalue weighted by Crippen LogP contribution is -2.23. The lowest BCUT2D eigenvalue weighted by molar-refractivity contribution is 0.101. The average molecular weight is 312 g/mol. The number of sulfone groups is 1. The van der Waals surface area contributed by atoms with Gasteiger partial charge >= 0.3 is 0 Å². The number of alkyl halides is 1. The molecule has 82 valence electrons. The normalized spacial score (nSPS) is 13.5. The molecule has 0 saturated carbocycles. The highest BCUT2D eigenvalue weighted by molar-refractivity contribution is 9.10. The van der Waals surface area contributed by atoms with Crippen LogP contribution < -0.4 is 0 Å². The van der Waals surface area contributed by atoms with Gasteiger partial charge in [0.15, 0.2) is 20.3 Å². The Kier molecular flexibility index (Phi) is 3.92. The summed E-state index contributed by atoms with van der Waals surface area (Å²) in [5, 5.41) is 0. The number of hydrogen-bond acceptors (Lipinski definition) is 3. The van der Waals surface area contributed by atoms with Gasteiger partial charge in [-0.1, -0.05) is 39.7 Å². The van der Waals surface area contributed by atoms with Crippen LogP contribution in [0.2, 0.25) is 0 Å². The molecule has 1 aromatic rings. The van der Waals surface area contributed by atoms with Gasteiger partial charge in [-0.3, -0.25) is 4.79 Å². The van der Waals surface area contributed by atoms with Crippen molar-refractivity contribution in [2.24, 2.45) is 0 Å². The van der Waals surface area contributed by atoms with E-state index in [-0.39, 0.29) is 5.56 Å². The molecular formula is C9H8BrClO3S. The topological polar surface area (TPSA) is 51.2 Å². The molecule has 6 heteroatoms. The van der Waals surface area contributed by atoms with Crippen molar-refractivity contribution in [2.75, 3.05) is 6.26 Å². The molecular weight excluding hydrogens is 304 g/mol. The van der Waals surface area contributed by atoms with E-state index in [1.165, 1.54) is 12.1 Å². The van der Waals surface area contributed by atoms with Gasteiger partial charge in [-0.2, -0.15) is 0 Å². The molecule has 0 N–H and O–H groups in total. The quantitative estimate of drug-likeness (QED) is 0.635. The summed E-state index contributed by atoms with van der Waals surface area (Å²) in [5.41, 5.74) is 0.281. The summed E-state index contributed by atoms with van der Waals surface area (Å²) in [6.45, 7) is 0. The largest absolute Gasteiger partial charge is 0.291 e. The molecule has 0 unspecified atom stereocenters. The number of carbonyl (C=O) groups is 1. The van der Waals surface area contributed by atoms with Gasteiger partial charge in [0.25, 0.3) is 0 Å². The number of ketones is 1. The van der Waals surface area contributed by atoms with E-state index in [0.29, 0.717) is 0 Å². The second-order valence-corrected chi connectivity index (χ2v) is 6.76. The van der Waals surface area contributed by atoms with E-state index in [1.807, 2.05) is 0 Å². The molecule has 15 heavy (non-hydrogen) atoms. The van der Waals surface area contributed by atoms with E-state index in [1.54, 1.807) is 12.1 Å². The standard InChI is InChI=1S/C9H8BrClO3S/c1-15(13,14)9(11)8(12)6-2-4-7(10)5-3-6/h2-5,9H,1H3/t9-/m1/s1. The minimum atomic E-state index is -3.56. The highest BCUT2D eigenvalue weighted by Gasteiger charge is 2.26. The maximum Gasteiger partial charge on any atom is 0.197 e. The van der Waals surface area contributed by atoms with E-state index in [9.17, 15) is 13.2 Å². The van der Waals surface area contributed by atoms with Crippen molar-refractivity contribution in [3.8, 4) is 0 Å². The summed E-state index contributed by atoms with van der Waals surface area (Å²) in [7, 11) is -3.56. The van der Waals surface area contributed by atoms with Gasteiger partial charge in [-0.25, -0.2) is 8.42 Å². The first kappa shape index (κ1) is 12.7. The average Bonchev–Trinajstić information content (AvgIpc) is 2.15. The predicted octanol–water partition coefficient (Wildman–Crippen LogP) is 2.24. The zero-order chi connectivity index (χ0) is 11.6. The lowest BCUT2D eigenvalue weighted by Gasteiger charge is -2.05. The van der Waals surface area contributed by atoms with Crippen LogP contribution in [0.1, 0.15) is 10.4 Å². The highest BCUT2D eigenvalue weighted by Crippen LogP contribution is 2.16. The van der Waals surface area contributed by atoms with Crippen molar-refractivity contribution in [3.63, 3.8) is 0 Å². The van der Waals surface area contributed by atoms with E-state index in [0.717, 1.165) is 10.7 Å². The maximum absolute atomic E-state index is 11.6. The third kappa shape index (κ3) is 3.29. The first-order chi connectivity index (χ1) is 6.82. The summed E-state index contributed by atoms with van der Waals surface area (Å²) in [5.74, 6) is -0.605. The van der Waals surface area contributed by atoms with Gasteiger partial charge in [0.05, 0.1) is 0 Å². The summed E-state index contributed by atoms with van der Waals surface area (Å²) in [6.07, 6.45) is 0.932. The van der Waals surface area contributed by atoms with Crippen LogP contribution in [0.5, 0.6) is 0 Å². The fourth-order valence-corrected chi connectivity index (χ4v) is 1.85. The molecule has 1 aromatic carbocycles. The second kappa shape index (κ2) is 4.63. The predicted molar refractivity (Wildman–Crippen MR) is 63.0 cm³/mol. The van der Waals surface area contributed by atoms with E-state index >= 15 is 0 Å². The minimum Gasteiger partial charge on any atom is -0.291 e. The van der Waals surface area contributed by atoms with Crippen LogP contribution in [-0.4, -0.2) is 25.2 Å². The third-order valence-electron chi connectivity index (χ3n) is 1.71. The van der Waals surface area contributed by atoms with Gasteiger partial charge in [0.2, 0.25) is 0 Å². The molecule has 0 bridgehead atoms. The molecule has 1 rings (SSSR count). The van der Waals surface area contributed by atoms with Crippen LogP contribution in [0.4, 0.5) is 0 Å². The van der Waals surface area contributed by atoms with Crippen molar-refractivity contribution in [1.29, 1.82) is 0 Å². The lowest BCUT2D eigenvalue weighted by atomic mass is 10.1. The van der Waals surface area contributed by atoms with E-state index in [2.05, 4.69) is 15.9 Å². The molecule has 0 heterocycles. The van der Waals surface area contributed by atoms with Crippen molar-refractivity contribution in [3.05, 3.63) is 34.3 Å². The van der Waals surface area contributed by atoms with Gasteiger partial charge in [0, 0.05) is 16.3 Å². The van der Waals surface area contributed by atoms with Crippen molar-refractivity contribution >= 4 is 43.2 Å². The molecule has 0 amide bonds. The fourth-order valence-electron chi connectivity index (χ4n) is 0.940. The Morgan fingerprint density at radius 1 is 1.33 bits per heavy atom. The first-order valence-corrected chi connectivity index (χ1v) is 7.13. The molecule has 1 atom stereocenters. The highest BCUT2D eigenvalue weighted by atomic mass is 79.9. The smallest absolute Gasteiger partial charge is 0.197 e. The number of Topliss-reactive ketones (excluding diaryl/α,β-unsaturated/α-hetero) is 1. The number of hydrogen-bond donors (Lipinski definition) is 0. The Balaban J connectivity index is 3.01. The van der Waals surface area contributed by atoms with Gasteiger partial charge in [0.1, 0.15) is 0 Å². The Morgan fingerprint density at radius 2 is 1.80 bits per heavy atom. The molecule has 0 aliphatic rings. The molecule has 0 aliphatic carbocycles. The van der Waals surface area contributed by atoms with Crippen LogP contribution in [-0.2, 0) is 9.84 Å². The molecule has 0 aromatic heterocycles. The zero-order valence-electron chi connectivity index (χ0n) is 7.78. The van der Waals surface area contributed by atoms with Gasteiger partial charge in [-0.15, -0.1) is 0 Å². The monoisotopic (exact) mass is 310 g/mol. The summed E-state index contributed by atoms with van der Waals surface area (Å²) < 4.78 is 21.4. The molecule has 0 radical (unpaired) electrons. The molecule has 0 fully saturated rings. The Morgan fingerprint density at radius 3 is 2.20 bits per heavy atom. The number of benzene rings is 1. The molecule has 0 saturated heterocycles. The Labute approximate surface area is 101 Å². The van der Waals surface area contributed by atoms with Crippen LogP contribution in [0.15, 0.2) is 28.7 Å². The van der Waals surface area contributed by atoms with Crippen molar-refractivity contribution < 1.29 is 13.2 Å². The number of carbonyl (C=O) groups excluding carboxylic acids is 1. The Hall–Kier alpha value is -0.390. The summed E-state index contributed by atoms with van der Waals surface area (Å²) >= 11 is 8.74. The summed E-state index contributed by atoms with van der Waals surface area (Å²) in [4.78, 5) is 11.6. The third-order valence-corrected chi connectivity index (χ3v) is 4.37. The van der Waals surface area contributed by atoms with E-state index < -0.39 is 20.3 Å². The van der Waals surface area contributed by atoms with Crippen LogP contribution in [0.3, 0.4) is 0 Å². The SMILES string of the molecule is CS(=O)(=O)[C@@H](Cl)C(=O)c1ccc(Br)cc1. The number of halogens is 2. The molecule has 3 nitrogen and oxygen atoms in total. The zero-order valence-corrected chi connectivity index (χ0v) is 10.9. The molecule has 0 spiro atoms. The van der Waals surface area contributed by atoms with Gasteiger partial charge in [-0.05, 0) is 12.1 Å². The Bertz CT molecular complexity index is 467. The number of rotatable bonds is 3. The second-order valence-electron chi connectivity index (χ2n) is 3.02. The van der Waals surface area contributed by atoms with E-state index in [4.69, 9.17) is 11.6 Å². The summed E-state index contributed by atoms with van der Waals surface area (Å²) in [6, 6.07) is 6.35. The van der Waals surface area contributed by atoms with Crippen molar-refractivity contribution in [2.45, 2.75) is 4.71 Å². The molecule has 0 aliphatic heterocycles. The minimum absolute atomic E-state index is 0.281. The van der Waals surface area contributed by atoms with Crippen molar-refractivity contribution in [1.82, 2.24) is 0 Å². The van der Waals surface area contributed by atoms with Crippen LogP contribution in [0, 0.1) is 0 Å². The van der Waals surface area contributed by atoms with Crippen LogP contribution >= 0.6 is 27.5 Å². The first-order valence-electron chi connectivity index (χ1n) is 3.95. The maximum atomic E-state index is 11.6. The van der Waals surface area contributed by atoms with Crippen LogP contribution in [0.25, 0.3) is 0 Å². The fraction of sp³-hybridized carbons (Fsp3) is 0.222.